The number of carbonyl (C=O) groups is 1. The maximum Gasteiger partial charge on any atom is 0.234 e. The number of nitrogens with one attached hydrogen (secondary N) is 1. The van der Waals surface area contributed by atoms with Crippen LogP contribution in [0.5, 0.6) is 11.5 Å². The Morgan fingerprint density at radius 3 is 2.84 bits per heavy atom. The Hall–Kier alpha value is -2.97. The molecule has 3 rings (SSSR count). The summed E-state index contributed by atoms with van der Waals surface area (Å²) in [6.07, 6.45) is 1.75. The summed E-state index contributed by atoms with van der Waals surface area (Å²) >= 11 is 7.35. The Kier molecular flexibility index (Phi) is 7.97. The fourth-order valence-electron chi connectivity index (χ4n) is 2.76. The van der Waals surface area contributed by atoms with Crippen molar-refractivity contribution in [3.8, 4) is 11.5 Å². The number of amides is 1. The first-order valence-corrected chi connectivity index (χ1v) is 10.9. The maximum atomic E-state index is 12.4. The van der Waals surface area contributed by atoms with Gasteiger partial charge in [-0.1, -0.05) is 41.6 Å². The van der Waals surface area contributed by atoms with E-state index in [9.17, 15) is 4.79 Å². The van der Waals surface area contributed by atoms with Crippen LogP contribution in [0, 0.1) is 6.92 Å². The molecule has 7 nitrogen and oxygen atoms in total. The summed E-state index contributed by atoms with van der Waals surface area (Å²) in [4.78, 5) is 12.4. The number of allylic oxidation sites excluding steroid dienone is 1. The Bertz CT molecular complexity index is 1070. The van der Waals surface area contributed by atoms with Crippen LogP contribution in [0.4, 0.5) is 5.69 Å². The van der Waals surface area contributed by atoms with Crippen LogP contribution in [0.1, 0.15) is 11.4 Å². The lowest BCUT2D eigenvalue weighted by Gasteiger charge is -2.11. The summed E-state index contributed by atoms with van der Waals surface area (Å²) in [5.41, 5.74) is 1.56. The number of aromatic nitrogens is 3. The molecule has 2 aromatic carbocycles. The van der Waals surface area contributed by atoms with Gasteiger partial charge in [0.05, 0.1) is 18.6 Å². The largest absolute Gasteiger partial charge is 0.495 e. The fraction of sp³-hybridized carbons (Fsp3) is 0.227. The van der Waals surface area contributed by atoms with Crippen molar-refractivity contribution in [2.24, 2.45) is 0 Å². The summed E-state index contributed by atoms with van der Waals surface area (Å²) in [6, 6.07) is 12.7. The van der Waals surface area contributed by atoms with Crippen LogP contribution in [-0.2, 0) is 17.9 Å². The van der Waals surface area contributed by atoms with Gasteiger partial charge in [0.2, 0.25) is 5.91 Å². The summed E-state index contributed by atoms with van der Waals surface area (Å²) < 4.78 is 13.0. The summed E-state index contributed by atoms with van der Waals surface area (Å²) in [6.45, 7) is 6.44. The van der Waals surface area contributed by atoms with Gasteiger partial charge in [-0.05, 0) is 42.8 Å². The van der Waals surface area contributed by atoms with E-state index in [-0.39, 0.29) is 18.3 Å². The Morgan fingerprint density at radius 2 is 2.10 bits per heavy atom. The summed E-state index contributed by atoms with van der Waals surface area (Å²) in [5.74, 6) is 1.94. The average molecular weight is 459 g/mol. The molecule has 3 aromatic rings. The lowest BCUT2D eigenvalue weighted by atomic mass is 10.2. The van der Waals surface area contributed by atoms with Gasteiger partial charge in [0.1, 0.15) is 18.1 Å². The van der Waals surface area contributed by atoms with E-state index in [0.29, 0.717) is 39.7 Å². The second-order valence-corrected chi connectivity index (χ2v) is 7.88. The van der Waals surface area contributed by atoms with E-state index in [4.69, 9.17) is 21.1 Å². The molecule has 1 amide bonds. The van der Waals surface area contributed by atoms with Gasteiger partial charge < -0.3 is 14.8 Å². The molecule has 0 aliphatic heterocycles. The lowest BCUT2D eigenvalue weighted by Crippen LogP contribution is -2.15. The number of para-hydroxylation sites is 2. The molecule has 0 atom stereocenters. The first-order valence-electron chi connectivity index (χ1n) is 9.49. The Labute approximate surface area is 190 Å². The molecule has 1 N–H and O–H groups in total. The Balaban J connectivity index is 1.63. The van der Waals surface area contributed by atoms with Crippen LogP contribution in [0.15, 0.2) is 60.3 Å². The molecule has 0 aliphatic rings. The van der Waals surface area contributed by atoms with Gasteiger partial charge in [0.25, 0.3) is 0 Å². The van der Waals surface area contributed by atoms with Crippen molar-refractivity contribution in [1.29, 1.82) is 0 Å². The maximum absolute atomic E-state index is 12.4. The molecule has 0 radical (unpaired) electrons. The third-order valence-electron chi connectivity index (χ3n) is 4.32. The van der Waals surface area contributed by atoms with Crippen LogP contribution in [0.2, 0.25) is 5.02 Å². The van der Waals surface area contributed by atoms with E-state index in [2.05, 4.69) is 22.1 Å². The molecule has 0 spiro atoms. The smallest absolute Gasteiger partial charge is 0.234 e. The van der Waals surface area contributed by atoms with Gasteiger partial charge in [0.15, 0.2) is 11.0 Å². The van der Waals surface area contributed by atoms with E-state index in [1.54, 1.807) is 37.5 Å². The molecule has 1 aromatic heterocycles. The second kappa shape index (κ2) is 10.9. The molecular formula is C22H23ClN4O3S. The number of carbonyl (C=O) groups excluding carboxylic acids is 1. The standard InChI is InChI=1S/C22H23ClN4O3S/c1-4-11-27-20(13-30-16-9-10-17(23)15(2)12-16)25-26-22(27)31-14-21(28)24-18-7-5-6-8-19(18)29-3/h4-10,12H,1,11,13-14H2,2-3H3,(H,24,28). The number of aryl methyl sites for hydroxylation is 1. The highest BCUT2D eigenvalue weighted by Gasteiger charge is 2.15. The van der Waals surface area contributed by atoms with E-state index in [1.807, 2.05) is 29.7 Å². The highest BCUT2D eigenvalue weighted by atomic mass is 35.5. The van der Waals surface area contributed by atoms with E-state index in [1.165, 1.54) is 11.8 Å². The monoisotopic (exact) mass is 458 g/mol. The molecule has 0 saturated carbocycles. The predicted molar refractivity (Wildman–Crippen MR) is 123 cm³/mol. The van der Waals surface area contributed by atoms with Gasteiger partial charge in [-0.3, -0.25) is 9.36 Å². The molecule has 162 valence electrons. The van der Waals surface area contributed by atoms with Crippen LogP contribution in [0.3, 0.4) is 0 Å². The van der Waals surface area contributed by atoms with E-state index in [0.717, 1.165) is 5.56 Å². The number of hydrogen-bond acceptors (Lipinski definition) is 6. The first-order chi connectivity index (χ1) is 15.0. The highest BCUT2D eigenvalue weighted by Crippen LogP contribution is 2.25. The predicted octanol–water partition coefficient (Wildman–Crippen LogP) is 4.74. The minimum absolute atomic E-state index is 0.169. The molecule has 0 bridgehead atoms. The number of halogens is 1. The number of rotatable bonds is 10. The van der Waals surface area contributed by atoms with Gasteiger partial charge in [0, 0.05) is 11.6 Å². The van der Waals surface area contributed by atoms with Gasteiger partial charge >= 0.3 is 0 Å². The molecule has 31 heavy (non-hydrogen) atoms. The van der Waals surface area contributed by atoms with Crippen molar-refractivity contribution in [3.05, 3.63) is 71.5 Å². The summed E-state index contributed by atoms with van der Waals surface area (Å²) in [7, 11) is 1.56. The van der Waals surface area contributed by atoms with Crippen molar-refractivity contribution in [3.63, 3.8) is 0 Å². The van der Waals surface area contributed by atoms with Gasteiger partial charge in [-0.15, -0.1) is 16.8 Å². The minimum Gasteiger partial charge on any atom is -0.495 e. The second-order valence-electron chi connectivity index (χ2n) is 6.53. The van der Waals surface area contributed by atoms with Crippen LogP contribution in [0.25, 0.3) is 0 Å². The van der Waals surface area contributed by atoms with E-state index < -0.39 is 0 Å². The highest BCUT2D eigenvalue weighted by molar-refractivity contribution is 7.99. The fourth-order valence-corrected chi connectivity index (χ4v) is 3.65. The number of methoxy groups -OCH3 is 1. The molecular weight excluding hydrogens is 436 g/mol. The number of nitrogens with zero attached hydrogens (tertiary/aromatic N) is 3. The van der Waals surface area contributed by atoms with Gasteiger partial charge in [-0.2, -0.15) is 0 Å². The van der Waals surface area contributed by atoms with Crippen LogP contribution in [-0.4, -0.2) is 33.5 Å². The van der Waals surface area contributed by atoms with Gasteiger partial charge in [-0.25, -0.2) is 0 Å². The minimum atomic E-state index is -0.169. The summed E-state index contributed by atoms with van der Waals surface area (Å²) in [5, 5.41) is 12.6. The first kappa shape index (κ1) is 22.7. The third-order valence-corrected chi connectivity index (χ3v) is 5.71. The number of hydrogen-bond donors (Lipinski definition) is 1. The number of thioether (sulfide) groups is 1. The van der Waals surface area contributed by atoms with Crippen molar-refractivity contribution in [2.75, 3.05) is 18.2 Å². The van der Waals surface area contributed by atoms with Crippen molar-refractivity contribution >= 4 is 35.0 Å². The van der Waals surface area contributed by atoms with Crippen molar-refractivity contribution in [2.45, 2.75) is 25.2 Å². The molecule has 9 heteroatoms. The van der Waals surface area contributed by atoms with Crippen molar-refractivity contribution in [1.82, 2.24) is 14.8 Å². The zero-order valence-corrected chi connectivity index (χ0v) is 18.9. The van der Waals surface area contributed by atoms with E-state index >= 15 is 0 Å². The zero-order chi connectivity index (χ0) is 22.2. The van der Waals surface area contributed by atoms with Crippen molar-refractivity contribution < 1.29 is 14.3 Å². The molecule has 0 fully saturated rings. The lowest BCUT2D eigenvalue weighted by molar-refractivity contribution is -0.113. The van der Waals surface area contributed by atoms with Crippen LogP contribution < -0.4 is 14.8 Å². The van der Waals surface area contributed by atoms with Crippen LogP contribution >= 0.6 is 23.4 Å². The molecule has 0 unspecified atom stereocenters. The molecule has 1 heterocycles. The quantitative estimate of drug-likeness (QED) is 0.349. The number of anilines is 1. The third kappa shape index (κ3) is 6.02. The molecule has 0 saturated heterocycles. The molecule has 0 aliphatic carbocycles. The average Bonchev–Trinajstić information content (AvgIpc) is 3.15. The normalized spacial score (nSPS) is 10.5. The SMILES string of the molecule is C=CCn1c(COc2ccc(Cl)c(C)c2)nnc1SCC(=O)Nc1ccccc1OC. The number of benzene rings is 2. The Morgan fingerprint density at radius 1 is 1.29 bits per heavy atom. The topological polar surface area (TPSA) is 78.3 Å². The number of ether oxygens (including phenoxy) is 2. The zero-order valence-electron chi connectivity index (χ0n) is 17.3.